The fraction of sp³-hybridized carbons (Fsp3) is 0.143. The number of anilines is 1. The summed E-state index contributed by atoms with van der Waals surface area (Å²) >= 11 is 0.444. The summed E-state index contributed by atoms with van der Waals surface area (Å²) in [5, 5.41) is 5.61. The molecule has 0 radical (unpaired) electrons. The van der Waals surface area contributed by atoms with Gasteiger partial charge in [-0.3, -0.25) is 14.3 Å². The summed E-state index contributed by atoms with van der Waals surface area (Å²) in [5.74, 6) is -3.00. The molecular formula is C21H12F7N5O2S. The zero-order valence-electron chi connectivity index (χ0n) is 17.8. The molecule has 3 aromatic heterocycles. The van der Waals surface area contributed by atoms with Crippen molar-refractivity contribution in [1.29, 1.82) is 0 Å². The number of hydrogen-bond acceptors (Lipinski definition) is 5. The smallest absolute Gasteiger partial charge is 0.365 e. The lowest BCUT2D eigenvalue weighted by molar-refractivity contribution is -0.143. The van der Waals surface area contributed by atoms with E-state index in [1.54, 1.807) is 0 Å². The van der Waals surface area contributed by atoms with Gasteiger partial charge in [-0.2, -0.15) is 31.4 Å². The molecule has 0 spiro atoms. The molecule has 3 N–H and O–H groups in total. The first-order valence-electron chi connectivity index (χ1n) is 9.70. The summed E-state index contributed by atoms with van der Waals surface area (Å²) in [5.41, 5.74) is 1.65. The topological polar surface area (TPSA) is 103 Å². The van der Waals surface area contributed by atoms with Crippen LogP contribution in [-0.4, -0.2) is 26.6 Å². The Labute approximate surface area is 200 Å². The SMILES string of the molecule is Cn1nc(C(=O)Nc2c(C(N)=O)sc3nc(C(F)(F)F)cc(-c4ccc(F)cc4)c23)cc1C(F)(F)F. The maximum atomic E-state index is 13.5. The summed E-state index contributed by atoms with van der Waals surface area (Å²) in [6, 6.07) is 5.43. The largest absolute Gasteiger partial charge is 0.433 e. The maximum absolute atomic E-state index is 13.5. The van der Waals surface area contributed by atoms with Gasteiger partial charge in [0.1, 0.15) is 26.9 Å². The monoisotopic (exact) mass is 531 g/mol. The molecule has 0 saturated heterocycles. The quantitative estimate of drug-likeness (QED) is 0.352. The van der Waals surface area contributed by atoms with Gasteiger partial charge < -0.3 is 11.1 Å². The molecule has 7 nitrogen and oxygen atoms in total. The molecule has 0 aliphatic heterocycles. The summed E-state index contributed by atoms with van der Waals surface area (Å²) in [4.78, 5) is 27.7. The highest BCUT2D eigenvalue weighted by molar-refractivity contribution is 7.21. The molecule has 36 heavy (non-hydrogen) atoms. The van der Waals surface area contributed by atoms with Crippen molar-refractivity contribution in [1.82, 2.24) is 14.8 Å². The molecule has 0 saturated carbocycles. The number of primary amides is 1. The van der Waals surface area contributed by atoms with Crippen molar-refractivity contribution in [2.45, 2.75) is 12.4 Å². The fourth-order valence-electron chi connectivity index (χ4n) is 3.41. The summed E-state index contributed by atoms with van der Waals surface area (Å²) in [6.07, 6.45) is -9.72. The van der Waals surface area contributed by atoms with Crippen molar-refractivity contribution in [2.75, 3.05) is 5.32 Å². The number of benzene rings is 1. The minimum absolute atomic E-state index is 0.0795. The fourth-order valence-corrected chi connectivity index (χ4v) is 4.42. The normalized spacial score (nSPS) is 12.2. The van der Waals surface area contributed by atoms with E-state index >= 15 is 0 Å². The van der Waals surface area contributed by atoms with Crippen LogP contribution in [0.3, 0.4) is 0 Å². The molecule has 0 atom stereocenters. The Hall–Kier alpha value is -4.01. The number of thiophene rings is 1. The predicted octanol–water partition coefficient (Wildman–Crippen LogP) is 5.22. The standard InChI is InChI=1S/C21H12F7N5O2S/c1-33-13(21(26,27)28)7-11(32-33)18(35)31-15-14-10(8-2-4-9(22)5-3-8)6-12(20(23,24)25)30-19(14)36-16(15)17(29)34/h2-7H,1H3,(H2,29,34)(H,31,35). The van der Waals surface area contributed by atoms with Crippen LogP contribution in [0.2, 0.25) is 0 Å². The van der Waals surface area contributed by atoms with Crippen molar-refractivity contribution in [3.63, 3.8) is 0 Å². The Morgan fingerprint density at radius 2 is 1.67 bits per heavy atom. The minimum atomic E-state index is -4.90. The second kappa shape index (κ2) is 8.58. The number of aromatic nitrogens is 3. The third-order valence-corrected chi connectivity index (χ3v) is 6.07. The highest BCUT2D eigenvalue weighted by Crippen LogP contribution is 2.44. The van der Waals surface area contributed by atoms with Crippen LogP contribution >= 0.6 is 11.3 Å². The van der Waals surface area contributed by atoms with Gasteiger partial charge in [-0.15, -0.1) is 11.3 Å². The van der Waals surface area contributed by atoms with E-state index in [4.69, 9.17) is 5.73 Å². The van der Waals surface area contributed by atoms with Crippen LogP contribution in [0.1, 0.15) is 31.5 Å². The molecule has 3 heterocycles. The van der Waals surface area contributed by atoms with Gasteiger partial charge in [-0.25, -0.2) is 9.37 Å². The van der Waals surface area contributed by atoms with Crippen LogP contribution in [-0.2, 0) is 19.4 Å². The lowest BCUT2D eigenvalue weighted by atomic mass is 10.0. The van der Waals surface area contributed by atoms with E-state index < -0.39 is 51.9 Å². The van der Waals surface area contributed by atoms with E-state index in [2.05, 4.69) is 15.4 Å². The van der Waals surface area contributed by atoms with Crippen molar-refractivity contribution >= 4 is 39.1 Å². The van der Waals surface area contributed by atoms with Gasteiger partial charge in [0.2, 0.25) is 0 Å². The van der Waals surface area contributed by atoms with Gasteiger partial charge in [0.05, 0.1) is 5.69 Å². The molecule has 15 heteroatoms. The van der Waals surface area contributed by atoms with Crippen molar-refractivity contribution < 1.29 is 40.3 Å². The Kier molecular flexibility index (Phi) is 5.98. The number of aryl methyl sites for hydroxylation is 1. The number of nitrogens with zero attached hydrogens (tertiary/aromatic N) is 3. The number of amides is 2. The van der Waals surface area contributed by atoms with Crippen LogP contribution in [0, 0.1) is 5.82 Å². The number of carbonyl (C=O) groups is 2. The third-order valence-electron chi connectivity index (χ3n) is 4.97. The number of halogens is 7. The van der Waals surface area contributed by atoms with Crippen molar-refractivity contribution in [2.24, 2.45) is 12.8 Å². The lowest BCUT2D eigenvalue weighted by Crippen LogP contribution is -2.17. The number of alkyl halides is 6. The first-order valence-corrected chi connectivity index (χ1v) is 10.5. The summed E-state index contributed by atoms with van der Waals surface area (Å²) < 4.78 is 93.8. The number of carbonyl (C=O) groups excluding carboxylic acids is 2. The molecule has 4 rings (SSSR count). The van der Waals surface area contributed by atoms with Crippen LogP contribution in [0.25, 0.3) is 21.3 Å². The Bertz CT molecular complexity index is 1500. The van der Waals surface area contributed by atoms with Gasteiger partial charge in [-0.1, -0.05) is 12.1 Å². The first-order chi connectivity index (χ1) is 16.7. The number of nitrogens with two attached hydrogens (primary N) is 1. The molecule has 1 aromatic carbocycles. The Morgan fingerprint density at radius 3 is 2.19 bits per heavy atom. The number of hydrogen-bond donors (Lipinski definition) is 2. The van der Waals surface area contributed by atoms with Gasteiger partial charge in [-0.05, 0) is 29.3 Å². The van der Waals surface area contributed by atoms with E-state index in [0.29, 0.717) is 28.2 Å². The molecule has 0 fully saturated rings. The van der Waals surface area contributed by atoms with Crippen LogP contribution in [0.5, 0.6) is 0 Å². The number of pyridine rings is 1. The van der Waals surface area contributed by atoms with Gasteiger partial charge in [0, 0.05) is 18.5 Å². The second-order valence-corrected chi connectivity index (χ2v) is 8.40. The summed E-state index contributed by atoms with van der Waals surface area (Å²) in [7, 11) is 0.962. The Balaban J connectivity index is 1.94. The van der Waals surface area contributed by atoms with E-state index in [-0.39, 0.29) is 27.0 Å². The summed E-state index contributed by atoms with van der Waals surface area (Å²) in [6.45, 7) is 0. The first kappa shape index (κ1) is 25.1. The molecule has 0 aliphatic rings. The molecule has 2 amide bonds. The molecule has 0 aliphatic carbocycles. The van der Waals surface area contributed by atoms with Crippen molar-refractivity contribution in [3.05, 3.63) is 64.2 Å². The molecule has 188 valence electrons. The van der Waals surface area contributed by atoms with Crippen LogP contribution in [0.4, 0.5) is 36.4 Å². The number of rotatable bonds is 4. The van der Waals surface area contributed by atoms with Gasteiger partial charge >= 0.3 is 12.4 Å². The molecular weight excluding hydrogens is 519 g/mol. The van der Waals surface area contributed by atoms with Crippen molar-refractivity contribution in [3.8, 4) is 11.1 Å². The molecule has 0 unspecified atom stereocenters. The van der Waals surface area contributed by atoms with E-state index in [9.17, 15) is 40.3 Å². The van der Waals surface area contributed by atoms with Gasteiger partial charge in [0.25, 0.3) is 11.8 Å². The molecule has 4 aromatic rings. The third kappa shape index (κ3) is 4.60. The minimum Gasteiger partial charge on any atom is -0.365 e. The average molecular weight is 531 g/mol. The van der Waals surface area contributed by atoms with Crippen LogP contribution < -0.4 is 11.1 Å². The zero-order chi connectivity index (χ0) is 26.6. The number of nitrogens with one attached hydrogen (secondary N) is 1. The Morgan fingerprint density at radius 1 is 1.03 bits per heavy atom. The highest BCUT2D eigenvalue weighted by atomic mass is 32.1. The highest BCUT2D eigenvalue weighted by Gasteiger charge is 2.37. The van der Waals surface area contributed by atoms with Crippen LogP contribution in [0.15, 0.2) is 36.4 Å². The molecule has 0 bridgehead atoms. The maximum Gasteiger partial charge on any atom is 0.433 e. The lowest BCUT2D eigenvalue weighted by Gasteiger charge is -2.12. The number of fused-ring (bicyclic) bond motifs is 1. The zero-order valence-corrected chi connectivity index (χ0v) is 18.6. The predicted molar refractivity (Wildman–Crippen MR) is 115 cm³/mol. The van der Waals surface area contributed by atoms with E-state index in [1.165, 1.54) is 12.1 Å². The average Bonchev–Trinajstić information content (AvgIpc) is 3.34. The van der Waals surface area contributed by atoms with E-state index in [1.807, 2.05) is 0 Å². The second-order valence-electron chi connectivity index (χ2n) is 7.40. The van der Waals surface area contributed by atoms with Gasteiger partial charge in [0.15, 0.2) is 5.69 Å². The van der Waals surface area contributed by atoms with E-state index in [0.717, 1.165) is 19.2 Å².